The molecule has 0 amide bonds. The van der Waals surface area contributed by atoms with E-state index in [0.717, 1.165) is 24.0 Å². The van der Waals surface area contributed by atoms with Crippen LogP contribution >= 0.6 is 0 Å². The number of benzene rings is 2. The van der Waals surface area contributed by atoms with Gasteiger partial charge in [0.25, 0.3) is 0 Å². The largest absolute Gasteiger partial charge is 0.207 e. The molecule has 106 valence electrons. The van der Waals surface area contributed by atoms with E-state index in [1.165, 1.54) is 12.1 Å². The molecule has 20 heavy (non-hydrogen) atoms. The molecule has 2 aromatic rings. The van der Waals surface area contributed by atoms with Crippen molar-refractivity contribution < 1.29 is 8.78 Å². The average Bonchev–Trinajstić information content (AvgIpc) is 2.44. The summed E-state index contributed by atoms with van der Waals surface area (Å²) in [6.07, 6.45) is 1.95. The smallest absolute Gasteiger partial charge is 0.123 e. The summed E-state index contributed by atoms with van der Waals surface area (Å²) in [6, 6.07) is 13.3. The highest BCUT2D eigenvalue weighted by Gasteiger charge is 2.18. The zero-order valence-corrected chi connectivity index (χ0v) is 11.9. The first-order valence-electron chi connectivity index (χ1n) is 7.11. The van der Waals surface area contributed by atoms with Gasteiger partial charge in [-0.15, -0.1) is 0 Å². The second-order valence-electron chi connectivity index (χ2n) is 5.41. The third kappa shape index (κ3) is 3.66. The molecule has 0 aromatic heterocycles. The Labute approximate surface area is 119 Å². The lowest BCUT2D eigenvalue weighted by Crippen LogP contribution is -2.07. The lowest BCUT2D eigenvalue weighted by atomic mass is 9.83. The van der Waals surface area contributed by atoms with Gasteiger partial charge < -0.3 is 0 Å². The number of halogens is 2. The van der Waals surface area contributed by atoms with Gasteiger partial charge in [-0.05, 0) is 47.7 Å². The van der Waals surface area contributed by atoms with Crippen molar-refractivity contribution in [3.8, 4) is 0 Å². The molecule has 0 radical (unpaired) electrons. The Morgan fingerprint density at radius 3 is 1.80 bits per heavy atom. The Kier molecular flexibility index (Phi) is 4.89. The Hall–Kier alpha value is -1.70. The molecule has 2 rings (SSSR count). The zero-order valence-electron chi connectivity index (χ0n) is 11.9. The lowest BCUT2D eigenvalue weighted by Gasteiger charge is -2.21. The maximum Gasteiger partial charge on any atom is 0.123 e. The molecule has 0 heterocycles. The number of hydrogen-bond acceptors (Lipinski definition) is 0. The Morgan fingerprint density at radius 2 is 1.40 bits per heavy atom. The third-order valence-electron chi connectivity index (χ3n) is 3.84. The summed E-state index contributed by atoms with van der Waals surface area (Å²) in [6.45, 7) is 4.31. The fourth-order valence-corrected chi connectivity index (χ4v) is 2.48. The topological polar surface area (TPSA) is 0 Å². The molecule has 2 aromatic carbocycles. The normalized spacial score (nSPS) is 12.7. The van der Waals surface area contributed by atoms with Crippen molar-refractivity contribution >= 4 is 0 Å². The Balaban J connectivity index is 2.39. The summed E-state index contributed by atoms with van der Waals surface area (Å²) in [4.78, 5) is 0. The van der Waals surface area contributed by atoms with Crippen molar-refractivity contribution in [1.82, 2.24) is 0 Å². The molecule has 0 bridgehead atoms. The van der Waals surface area contributed by atoms with Gasteiger partial charge in [-0.3, -0.25) is 0 Å². The molecule has 2 heteroatoms. The van der Waals surface area contributed by atoms with Crippen LogP contribution in [0.5, 0.6) is 0 Å². The van der Waals surface area contributed by atoms with Gasteiger partial charge in [-0.2, -0.15) is 0 Å². The number of rotatable bonds is 5. The molecule has 0 spiro atoms. The molecule has 0 aliphatic carbocycles. The predicted molar refractivity (Wildman–Crippen MR) is 78.7 cm³/mol. The summed E-state index contributed by atoms with van der Waals surface area (Å²) in [5, 5.41) is 0. The van der Waals surface area contributed by atoms with Gasteiger partial charge in [0.2, 0.25) is 0 Å². The highest BCUT2D eigenvalue weighted by Crippen LogP contribution is 2.32. The quantitative estimate of drug-likeness (QED) is 0.672. The predicted octanol–water partition coefficient (Wildman–Crippen LogP) is 5.53. The van der Waals surface area contributed by atoms with Gasteiger partial charge in [0.15, 0.2) is 0 Å². The molecule has 0 aliphatic rings. The van der Waals surface area contributed by atoms with Crippen LogP contribution in [0.3, 0.4) is 0 Å². The maximum atomic E-state index is 13.5. The summed E-state index contributed by atoms with van der Waals surface area (Å²) in [5.74, 6) is 0.0593. The lowest BCUT2D eigenvalue weighted by molar-refractivity contribution is 0.481. The summed E-state index contributed by atoms with van der Waals surface area (Å²) >= 11 is 0. The first-order valence-corrected chi connectivity index (χ1v) is 7.11. The van der Waals surface area contributed by atoms with Crippen molar-refractivity contribution in [2.24, 2.45) is 5.92 Å². The van der Waals surface area contributed by atoms with E-state index in [2.05, 4.69) is 13.8 Å². The van der Waals surface area contributed by atoms with Crippen molar-refractivity contribution in [1.29, 1.82) is 0 Å². The summed E-state index contributed by atoms with van der Waals surface area (Å²) in [7, 11) is 0. The molecule has 1 unspecified atom stereocenters. The molecule has 0 N–H and O–H groups in total. The van der Waals surface area contributed by atoms with Crippen LogP contribution in [0.25, 0.3) is 0 Å². The highest BCUT2D eigenvalue weighted by molar-refractivity contribution is 5.33. The summed E-state index contributed by atoms with van der Waals surface area (Å²) in [5.41, 5.74) is 1.83. The molecular weight excluding hydrogens is 254 g/mol. The SMILES string of the molecule is CCC(C)CC(c1cccc(F)c1)c1cccc(F)c1. The fraction of sp³-hybridized carbons (Fsp3) is 0.333. The van der Waals surface area contributed by atoms with Gasteiger partial charge in [0.1, 0.15) is 11.6 Å². The fourth-order valence-electron chi connectivity index (χ4n) is 2.48. The van der Waals surface area contributed by atoms with Crippen LogP contribution in [-0.4, -0.2) is 0 Å². The van der Waals surface area contributed by atoms with Crippen LogP contribution in [-0.2, 0) is 0 Å². The Morgan fingerprint density at radius 1 is 0.900 bits per heavy atom. The van der Waals surface area contributed by atoms with Crippen molar-refractivity contribution in [2.75, 3.05) is 0 Å². The first kappa shape index (κ1) is 14.7. The molecule has 1 atom stereocenters. The van der Waals surface area contributed by atoms with E-state index in [4.69, 9.17) is 0 Å². The molecule has 0 saturated heterocycles. The van der Waals surface area contributed by atoms with E-state index >= 15 is 0 Å². The van der Waals surface area contributed by atoms with E-state index < -0.39 is 0 Å². The molecule has 0 saturated carbocycles. The van der Waals surface area contributed by atoms with Crippen LogP contribution in [0.2, 0.25) is 0 Å². The van der Waals surface area contributed by atoms with E-state index in [9.17, 15) is 8.78 Å². The van der Waals surface area contributed by atoms with Crippen LogP contribution in [0.15, 0.2) is 48.5 Å². The third-order valence-corrected chi connectivity index (χ3v) is 3.84. The maximum absolute atomic E-state index is 13.5. The molecule has 0 aliphatic heterocycles. The zero-order chi connectivity index (χ0) is 14.5. The highest BCUT2D eigenvalue weighted by atomic mass is 19.1. The minimum absolute atomic E-state index is 0.0383. The average molecular weight is 274 g/mol. The molecule has 0 nitrogen and oxygen atoms in total. The molecule has 0 fully saturated rings. The minimum atomic E-state index is -0.243. The second-order valence-corrected chi connectivity index (χ2v) is 5.41. The summed E-state index contributed by atoms with van der Waals surface area (Å²) < 4.78 is 26.9. The van der Waals surface area contributed by atoms with E-state index in [0.29, 0.717) is 5.92 Å². The second kappa shape index (κ2) is 6.65. The minimum Gasteiger partial charge on any atom is -0.207 e. The van der Waals surface area contributed by atoms with Gasteiger partial charge >= 0.3 is 0 Å². The van der Waals surface area contributed by atoms with Crippen LogP contribution in [0.4, 0.5) is 8.78 Å². The van der Waals surface area contributed by atoms with Crippen molar-refractivity contribution in [3.63, 3.8) is 0 Å². The van der Waals surface area contributed by atoms with Gasteiger partial charge in [0.05, 0.1) is 0 Å². The standard InChI is InChI=1S/C18H20F2/c1-3-13(2)10-18(14-6-4-8-16(19)11-14)15-7-5-9-17(20)12-15/h4-9,11-13,18H,3,10H2,1-2H3. The van der Waals surface area contributed by atoms with Crippen LogP contribution in [0.1, 0.15) is 43.7 Å². The van der Waals surface area contributed by atoms with Crippen LogP contribution < -0.4 is 0 Å². The van der Waals surface area contributed by atoms with Gasteiger partial charge in [-0.1, -0.05) is 44.5 Å². The Bertz CT molecular complexity index is 517. The van der Waals surface area contributed by atoms with E-state index in [1.54, 1.807) is 24.3 Å². The van der Waals surface area contributed by atoms with Crippen LogP contribution in [0, 0.1) is 17.6 Å². The number of hydrogen-bond donors (Lipinski definition) is 0. The van der Waals surface area contributed by atoms with Gasteiger partial charge in [-0.25, -0.2) is 8.78 Å². The van der Waals surface area contributed by atoms with Gasteiger partial charge in [0, 0.05) is 5.92 Å². The van der Waals surface area contributed by atoms with E-state index in [-0.39, 0.29) is 17.6 Å². The van der Waals surface area contributed by atoms with E-state index in [1.807, 2.05) is 12.1 Å². The monoisotopic (exact) mass is 274 g/mol. The first-order chi connectivity index (χ1) is 9.60. The molecular formula is C18H20F2. The van der Waals surface area contributed by atoms with Crippen molar-refractivity contribution in [2.45, 2.75) is 32.6 Å². The van der Waals surface area contributed by atoms with Crippen molar-refractivity contribution in [3.05, 3.63) is 71.3 Å².